The molecule has 2 atom stereocenters. The van der Waals surface area contributed by atoms with Gasteiger partial charge in [0.15, 0.2) is 6.61 Å². The van der Waals surface area contributed by atoms with Gasteiger partial charge in [-0.25, -0.2) is 0 Å². The van der Waals surface area contributed by atoms with E-state index in [9.17, 15) is 4.79 Å². The number of carbonyl (C=O) groups excluding carboxylic acids is 1. The van der Waals surface area contributed by atoms with Crippen molar-refractivity contribution >= 4 is 35.3 Å². The zero-order valence-corrected chi connectivity index (χ0v) is 14.0. The minimum atomic E-state index is -0.110. The molecule has 2 unspecified atom stereocenters. The predicted molar refractivity (Wildman–Crippen MR) is 86.6 cm³/mol. The molecule has 1 saturated heterocycles. The van der Waals surface area contributed by atoms with E-state index in [1.54, 1.807) is 23.1 Å². The molecular formula is C15H18Cl2N2O3. The largest absolute Gasteiger partial charge is 0.386 e. The Balaban J connectivity index is 1.82. The smallest absolute Gasteiger partial charge is 0.263 e. The van der Waals surface area contributed by atoms with E-state index in [-0.39, 0.29) is 24.7 Å². The summed E-state index contributed by atoms with van der Waals surface area (Å²) in [6, 6.07) is 5.05. The number of halogens is 2. The molecule has 2 rings (SSSR count). The van der Waals surface area contributed by atoms with Crippen molar-refractivity contribution in [2.24, 2.45) is 5.16 Å². The number of carbonyl (C=O) groups is 1. The first-order valence-electron chi connectivity index (χ1n) is 6.99. The molecule has 1 aliphatic heterocycles. The minimum Gasteiger partial charge on any atom is -0.386 e. The molecule has 22 heavy (non-hydrogen) atoms. The van der Waals surface area contributed by atoms with E-state index in [0.29, 0.717) is 28.7 Å². The summed E-state index contributed by atoms with van der Waals surface area (Å²) in [6.07, 6.45) is 1.52. The Morgan fingerprint density at radius 1 is 1.41 bits per heavy atom. The lowest BCUT2D eigenvalue weighted by Gasteiger charge is -2.34. The van der Waals surface area contributed by atoms with Crippen LogP contribution in [0.25, 0.3) is 0 Å². The van der Waals surface area contributed by atoms with E-state index in [1.807, 2.05) is 13.8 Å². The third kappa shape index (κ3) is 4.87. The molecule has 1 aromatic rings. The van der Waals surface area contributed by atoms with E-state index in [4.69, 9.17) is 32.8 Å². The van der Waals surface area contributed by atoms with Crippen molar-refractivity contribution in [2.75, 3.05) is 19.7 Å². The van der Waals surface area contributed by atoms with Crippen LogP contribution in [0.2, 0.25) is 10.0 Å². The van der Waals surface area contributed by atoms with E-state index < -0.39 is 0 Å². The molecule has 1 heterocycles. The number of ether oxygens (including phenoxy) is 1. The van der Waals surface area contributed by atoms with Crippen molar-refractivity contribution in [3.8, 4) is 0 Å². The Kier molecular flexibility index (Phi) is 6.06. The SMILES string of the molecule is CC1CN(C(=O)CO/N=C/c2ccc(Cl)cc2Cl)CC(C)O1. The van der Waals surface area contributed by atoms with Gasteiger partial charge in [-0.1, -0.05) is 34.4 Å². The molecule has 0 spiro atoms. The maximum absolute atomic E-state index is 12.0. The van der Waals surface area contributed by atoms with E-state index in [1.165, 1.54) is 6.21 Å². The Morgan fingerprint density at radius 3 is 2.73 bits per heavy atom. The molecule has 0 N–H and O–H groups in total. The minimum absolute atomic E-state index is 0.0316. The first-order chi connectivity index (χ1) is 10.5. The fourth-order valence-corrected chi connectivity index (χ4v) is 2.72. The number of morpholine rings is 1. The quantitative estimate of drug-likeness (QED) is 0.623. The van der Waals surface area contributed by atoms with Crippen molar-refractivity contribution in [1.29, 1.82) is 0 Å². The van der Waals surface area contributed by atoms with Gasteiger partial charge in [0.2, 0.25) is 0 Å². The maximum atomic E-state index is 12.0. The second-order valence-corrected chi connectivity index (χ2v) is 6.07. The van der Waals surface area contributed by atoms with Crippen molar-refractivity contribution in [3.05, 3.63) is 33.8 Å². The molecule has 7 heteroatoms. The van der Waals surface area contributed by atoms with Gasteiger partial charge in [0, 0.05) is 23.7 Å². The zero-order valence-electron chi connectivity index (χ0n) is 12.5. The fraction of sp³-hybridized carbons (Fsp3) is 0.467. The molecule has 5 nitrogen and oxygen atoms in total. The highest BCUT2D eigenvalue weighted by atomic mass is 35.5. The highest BCUT2D eigenvalue weighted by Crippen LogP contribution is 2.19. The van der Waals surface area contributed by atoms with Crippen molar-refractivity contribution < 1.29 is 14.4 Å². The number of rotatable bonds is 4. The Bertz CT molecular complexity index is 556. The van der Waals surface area contributed by atoms with E-state index in [2.05, 4.69) is 5.16 Å². The van der Waals surface area contributed by atoms with Gasteiger partial charge in [0.1, 0.15) is 0 Å². The summed E-state index contributed by atoms with van der Waals surface area (Å²) in [5.74, 6) is -0.110. The molecule has 120 valence electrons. The average molecular weight is 345 g/mol. The third-order valence-corrected chi connectivity index (χ3v) is 3.75. The lowest BCUT2D eigenvalue weighted by molar-refractivity contribution is -0.147. The van der Waals surface area contributed by atoms with Crippen LogP contribution in [0, 0.1) is 0 Å². The molecular weight excluding hydrogens is 327 g/mol. The number of nitrogens with zero attached hydrogens (tertiary/aromatic N) is 2. The van der Waals surface area contributed by atoms with Gasteiger partial charge < -0.3 is 14.5 Å². The second kappa shape index (κ2) is 7.81. The molecule has 0 radical (unpaired) electrons. The number of oxime groups is 1. The highest BCUT2D eigenvalue weighted by Gasteiger charge is 2.25. The predicted octanol–water partition coefficient (Wildman–Crippen LogP) is 2.98. The van der Waals surface area contributed by atoms with Gasteiger partial charge in [-0.3, -0.25) is 4.79 Å². The highest BCUT2D eigenvalue weighted by molar-refractivity contribution is 6.36. The molecule has 1 fully saturated rings. The van der Waals surface area contributed by atoms with Crippen LogP contribution in [-0.4, -0.2) is 48.9 Å². The monoisotopic (exact) mass is 344 g/mol. The van der Waals surface area contributed by atoms with Crippen LogP contribution < -0.4 is 0 Å². The number of benzene rings is 1. The van der Waals surface area contributed by atoms with Crippen LogP contribution in [0.3, 0.4) is 0 Å². The molecule has 1 aliphatic rings. The number of amides is 1. The lowest BCUT2D eigenvalue weighted by atomic mass is 10.2. The van der Waals surface area contributed by atoms with E-state index >= 15 is 0 Å². The molecule has 0 bridgehead atoms. The van der Waals surface area contributed by atoms with Gasteiger partial charge in [0.25, 0.3) is 5.91 Å². The number of hydrogen-bond donors (Lipinski definition) is 0. The summed E-state index contributed by atoms with van der Waals surface area (Å²) in [5.41, 5.74) is 0.673. The van der Waals surface area contributed by atoms with Gasteiger partial charge in [-0.15, -0.1) is 0 Å². The second-order valence-electron chi connectivity index (χ2n) is 5.23. The first-order valence-corrected chi connectivity index (χ1v) is 7.75. The standard InChI is InChI=1S/C15H18Cl2N2O3/c1-10-7-19(8-11(2)22-10)15(20)9-21-18-6-12-3-4-13(16)5-14(12)17/h3-6,10-11H,7-9H2,1-2H3/b18-6+. The fourth-order valence-electron chi connectivity index (χ4n) is 2.27. The normalized spacial score (nSPS) is 22.1. The van der Waals surface area contributed by atoms with Crippen LogP contribution in [0.4, 0.5) is 0 Å². The molecule has 0 saturated carbocycles. The lowest BCUT2D eigenvalue weighted by Crippen LogP contribution is -2.49. The van der Waals surface area contributed by atoms with Crippen molar-refractivity contribution in [1.82, 2.24) is 4.90 Å². The van der Waals surface area contributed by atoms with Gasteiger partial charge in [-0.05, 0) is 26.0 Å². The maximum Gasteiger partial charge on any atom is 0.263 e. The third-order valence-electron chi connectivity index (χ3n) is 3.19. The Morgan fingerprint density at radius 2 is 2.09 bits per heavy atom. The van der Waals surface area contributed by atoms with Gasteiger partial charge in [0.05, 0.1) is 23.4 Å². The first kappa shape index (κ1) is 17.1. The van der Waals surface area contributed by atoms with Gasteiger partial charge >= 0.3 is 0 Å². The zero-order chi connectivity index (χ0) is 16.1. The summed E-state index contributed by atoms with van der Waals surface area (Å²) in [6.45, 7) is 4.91. The van der Waals surface area contributed by atoms with Crippen LogP contribution in [0.1, 0.15) is 19.4 Å². The van der Waals surface area contributed by atoms with Crippen molar-refractivity contribution in [3.63, 3.8) is 0 Å². The Hall–Kier alpha value is -1.30. The van der Waals surface area contributed by atoms with E-state index in [0.717, 1.165) is 0 Å². The van der Waals surface area contributed by atoms with Crippen LogP contribution in [0.15, 0.2) is 23.4 Å². The summed E-state index contributed by atoms with van der Waals surface area (Å²) in [7, 11) is 0. The molecule has 1 amide bonds. The molecule has 1 aromatic carbocycles. The molecule has 0 aliphatic carbocycles. The summed E-state index contributed by atoms with van der Waals surface area (Å²) in [4.78, 5) is 18.8. The Labute approximate surface area is 139 Å². The summed E-state index contributed by atoms with van der Waals surface area (Å²) in [5, 5.41) is 4.80. The summed E-state index contributed by atoms with van der Waals surface area (Å²) < 4.78 is 5.58. The number of hydrogen-bond acceptors (Lipinski definition) is 4. The van der Waals surface area contributed by atoms with Crippen molar-refractivity contribution in [2.45, 2.75) is 26.1 Å². The summed E-state index contributed by atoms with van der Waals surface area (Å²) >= 11 is 11.8. The van der Waals surface area contributed by atoms with Gasteiger partial charge in [-0.2, -0.15) is 0 Å². The van der Waals surface area contributed by atoms with Crippen LogP contribution >= 0.6 is 23.2 Å². The average Bonchev–Trinajstić information content (AvgIpc) is 2.44. The van der Waals surface area contributed by atoms with Crippen LogP contribution in [-0.2, 0) is 14.4 Å². The topological polar surface area (TPSA) is 51.1 Å². The molecule has 0 aromatic heterocycles. The van der Waals surface area contributed by atoms with Crippen LogP contribution in [0.5, 0.6) is 0 Å².